The zero-order valence-electron chi connectivity index (χ0n) is 13.0. The first-order valence-electron chi connectivity index (χ1n) is 7.28. The fourth-order valence-corrected chi connectivity index (χ4v) is 2.60. The average Bonchev–Trinajstić information content (AvgIpc) is 2.69. The van der Waals surface area contributed by atoms with Gasteiger partial charge in [-0.3, -0.25) is 9.59 Å². The molecule has 0 fully saturated rings. The molecule has 0 aliphatic heterocycles. The van der Waals surface area contributed by atoms with Crippen LogP contribution in [0.15, 0.2) is 52.1 Å². The molecule has 2 amide bonds. The van der Waals surface area contributed by atoms with Crippen LogP contribution in [0.25, 0.3) is 10.9 Å². The predicted molar refractivity (Wildman–Crippen MR) is 102 cm³/mol. The molecule has 1 heterocycles. The molecule has 0 bridgehead atoms. The Kier molecular flexibility index (Phi) is 4.83. The van der Waals surface area contributed by atoms with Crippen LogP contribution in [0.4, 0.5) is 16.2 Å². The van der Waals surface area contributed by atoms with Gasteiger partial charge in [-0.15, -0.1) is 0 Å². The molecule has 0 spiro atoms. The van der Waals surface area contributed by atoms with Gasteiger partial charge in [0.25, 0.3) is 11.0 Å². The Labute approximate surface area is 156 Å². The fraction of sp³-hybridized carbons (Fsp3) is 0. The van der Waals surface area contributed by atoms with Crippen molar-refractivity contribution in [1.82, 2.24) is 4.98 Å². The van der Waals surface area contributed by atoms with Crippen LogP contribution in [-0.4, -0.2) is 16.1 Å². The lowest BCUT2D eigenvalue weighted by molar-refractivity contribution is 0.262. The van der Waals surface area contributed by atoms with E-state index in [0.29, 0.717) is 10.7 Å². The van der Waals surface area contributed by atoms with E-state index in [1.807, 2.05) is 0 Å². The summed E-state index contributed by atoms with van der Waals surface area (Å²) in [5, 5.41) is 15.8. The third-order valence-electron chi connectivity index (χ3n) is 3.52. The van der Waals surface area contributed by atoms with E-state index >= 15 is 0 Å². The number of para-hydroxylation sites is 1. The first kappa shape index (κ1) is 17.8. The van der Waals surface area contributed by atoms with E-state index in [-0.39, 0.29) is 15.9 Å². The van der Waals surface area contributed by atoms with Crippen LogP contribution in [-0.2, 0) is 0 Å². The Bertz CT molecular complexity index is 1140. The maximum absolute atomic E-state index is 12.2. The molecule has 0 aliphatic rings. The number of benzene rings is 2. The number of H-pyrrole nitrogens is 1. The molecule has 0 aliphatic carbocycles. The Morgan fingerprint density at radius 1 is 1.00 bits per heavy atom. The quantitative estimate of drug-likeness (QED) is 0.500. The van der Waals surface area contributed by atoms with Crippen LogP contribution >= 0.6 is 23.2 Å². The standard InChI is InChI=1S/C17H11Cl2N3O4/c18-10-6-5-8(7-11(10)19)20-17(26)22-13-14(23)9-3-1-2-4-12(9)21-16(25)15(13)24/h1-7H,(H4,20,21,22,23,24,25,26). The van der Waals surface area contributed by atoms with Gasteiger partial charge in [-0.25, -0.2) is 4.79 Å². The molecule has 0 atom stereocenters. The molecular weight excluding hydrogens is 381 g/mol. The van der Waals surface area contributed by atoms with Gasteiger partial charge in [0.2, 0.25) is 0 Å². The maximum Gasteiger partial charge on any atom is 0.323 e. The van der Waals surface area contributed by atoms with Crippen molar-refractivity contribution in [3.63, 3.8) is 0 Å². The minimum Gasteiger partial charge on any atom is -0.505 e. The van der Waals surface area contributed by atoms with Gasteiger partial charge in [0.1, 0.15) is 5.69 Å². The molecule has 132 valence electrons. The number of carbonyl (C=O) groups excluding carboxylic acids is 1. The molecule has 26 heavy (non-hydrogen) atoms. The molecule has 0 radical (unpaired) electrons. The summed E-state index contributed by atoms with van der Waals surface area (Å²) in [6, 6.07) is 9.82. The van der Waals surface area contributed by atoms with Crippen LogP contribution in [0.3, 0.4) is 0 Å². The molecule has 0 saturated heterocycles. The minimum atomic E-state index is -1.08. The molecule has 0 unspecified atom stereocenters. The topological polar surface area (TPSA) is 111 Å². The summed E-state index contributed by atoms with van der Waals surface area (Å²) < 4.78 is 0. The molecule has 0 saturated carbocycles. The lowest BCUT2D eigenvalue weighted by Crippen LogP contribution is -2.30. The van der Waals surface area contributed by atoms with E-state index < -0.39 is 28.5 Å². The number of halogens is 2. The van der Waals surface area contributed by atoms with Gasteiger partial charge in [0, 0.05) is 11.1 Å². The van der Waals surface area contributed by atoms with Crippen molar-refractivity contribution in [3.8, 4) is 5.75 Å². The smallest absolute Gasteiger partial charge is 0.323 e. The third kappa shape index (κ3) is 3.49. The number of nitrogens with one attached hydrogen (secondary N) is 3. The van der Waals surface area contributed by atoms with E-state index in [9.17, 15) is 19.5 Å². The maximum atomic E-state index is 12.2. The highest BCUT2D eigenvalue weighted by Gasteiger charge is 2.15. The Morgan fingerprint density at radius 2 is 1.73 bits per heavy atom. The largest absolute Gasteiger partial charge is 0.505 e. The van der Waals surface area contributed by atoms with Crippen LogP contribution < -0.4 is 21.6 Å². The highest BCUT2D eigenvalue weighted by molar-refractivity contribution is 6.42. The van der Waals surface area contributed by atoms with Gasteiger partial charge in [-0.05, 0) is 30.3 Å². The van der Waals surface area contributed by atoms with Crippen molar-refractivity contribution in [1.29, 1.82) is 0 Å². The zero-order chi connectivity index (χ0) is 18.8. The average molecular weight is 392 g/mol. The highest BCUT2D eigenvalue weighted by Crippen LogP contribution is 2.27. The number of hydrogen-bond acceptors (Lipinski definition) is 4. The number of carbonyl (C=O) groups is 1. The summed E-state index contributed by atoms with van der Waals surface area (Å²) in [6.45, 7) is 0. The number of aromatic amines is 1. The van der Waals surface area contributed by atoms with Crippen molar-refractivity contribution in [2.75, 3.05) is 10.6 Å². The normalized spacial score (nSPS) is 10.5. The van der Waals surface area contributed by atoms with Crippen molar-refractivity contribution >= 4 is 51.5 Å². The van der Waals surface area contributed by atoms with Crippen molar-refractivity contribution in [3.05, 3.63) is 73.1 Å². The molecule has 7 nitrogen and oxygen atoms in total. The molecule has 2 aromatic carbocycles. The summed E-state index contributed by atoms with van der Waals surface area (Å²) in [5.74, 6) is -0.520. The van der Waals surface area contributed by atoms with E-state index in [0.717, 1.165) is 0 Å². The first-order valence-corrected chi connectivity index (χ1v) is 8.04. The van der Waals surface area contributed by atoms with Gasteiger partial charge in [0.15, 0.2) is 5.75 Å². The summed E-state index contributed by atoms with van der Waals surface area (Å²) in [4.78, 5) is 38.7. The minimum absolute atomic E-state index is 0.205. The number of anilines is 2. The molecule has 4 N–H and O–H groups in total. The number of rotatable bonds is 2. The molecule has 3 aromatic rings. The second kappa shape index (κ2) is 7.07. The van der Waals surface area contributed by atoms with E-state index in [4.69, 9.17) is 23.2 Å². The lowest BCUT2D eigenvalue weighted by Gasteiger charge is -2.08. The second-order valence-corrected chi connectivity index (χ2v) is 6.07. The molecular formula is C17H11Cl2N3O4. The summed E-state index contributed by atoms with van der Waals surface area (Å²) in [5.41, 5.74) is -2.03. The SMILES string of the molecule is O=C(Nc1ccc(Cl)c(Cl)c1)Nc1c(O)c2ccccc2[nH]c(=O)c1=O. The fourth-order valence-electron chi connectivity index (χ4n) is 2.30. The monoisotopic (exact) mass is 391 g/mol. The highest BCUT2D eigenvalue weighted by atomic mass is 35.5. The predicted octanol–water partition coefficient (Wildman–Crippen LogP) is 3.54. The van der Waals surface area contributed by atoms with Crippen LogP contribution in [0, 0.1) is 0 Å². The Hall–Kier alpha value is -3.03. The number of aromatic nitrogens is 1. The second-order valence-electron chi connectivity index (χ2n) is 5.26. The van der Waals surface area contributed by atoms with Gasteiger partial charge in [0.05, 0.1) is 15.6 Å². The summed E-state index contributed by atoms with van der Waals surface area (Å²) in [7, 11) is 0. The molecule has 1 aromatic heterocycles. The van der Waals surface area contributed by atoms with Crippen LogP contribution in [0.1, 0.15) is 0 Å². The van der Waals surface area contributed by atoms with Crippen LogP contribution in [0.5, 0.6) is 5.75 Å². The van der Waals surface area contributed by atoms with Crippen LogP contribution in [0.2, 0.25) is 10.0 Å². The molecule has 3 rings (SSSR count). The molecule has 9 heteroatoms. The number of urea groups is 1. The van der Waals surface area contributed by atoms with Gasteiger partial charge >= 0.3 is 6.03 Å². The zero-order valence-corrected chi connectivity index (χ0v) is 14.5. The van der Waals surface area contributed by atoms with Gasteiger partial charge in [-0.1, -0.05) is 35.3 Å². The van der Waals surface area contributed by atoms with Gasteiger partial charge in [-0.2, -0.15) is 0 Å². The Balaban J connectivity index is 2.00. The number of hydrogen-bond donors (Lipinski definition) is 4. The first-order chi connectivity index (χ1) is 12.4. The van der Waals surface area contributed by atoms with E-state index in [1.165, 1.54) is 30.3 Å². The number of aromatic hydroxyl groups is 1. The van der Waals surface area contributed by atoms with Crippen molar-refractivity contribution in [2.24, 2.45) is 0 Å². The number of amides is 2. The summed E-state index contributed by atoms with van der Waals surface area (Å²) in [6.07, 6.45) is 0. The van der Waals surface area contributed by atoms with Crippen molar-refractivity contribution < 1.29 is 9.90 Å². The van der Waals surface area contributed by atoms with E-state index in [1.54, 1.807) is 12.1 Å². The van der Waals surface area contributed by atoms with Crippen molar-refractivity contribution in [2.45, 2.75) is 0 Å². The third-order valence-corrected chi connectivity index (χ3v) is 4.26. The number of fused-ring (bicyclic) bond motifs is 1. The van der Waals surface area contributed by atoms with E-state index in [2.05, 4.69) is 15.6 Å². The summed E-state index contributed by atoms with van der Waals surface area (Å²) >= 11 is 11.7. The lowest BCUT2D eigenvalue weighted by atomic mass is 10.2. The van der Waals surface area contributed by atoms with Gasteiger partial charge < -0.3 is 20.7 Å². The Morgan fingerprint density at radius 3 is 2.46 bits per heavy atom.